The Hall–Kier alpha value is -0.850. The quantitative estimate of drug-likeness (QED) is 0.749. The summed E-state index contributed by atoms with van der Waals surface area (Å²) >= 11 is 0. The number of carbonyl (C=O) groups excluding carboxylic acids is 2. The van der Waals surface area contributed by atoms with Gasteiger partial charge < -0.3 is 15.5 Å². The van der Waals surface area contributed by atoms with E-state index in [-0.39, 0.29) is 29.6 Å². The fourth-order valence-corrected chi connectivity index (χ4v) is 3.01. The monoisotopic (exact) mass is 318 g/mol. The van der Waals surface area contributed by atoms with Gasteiger partial charge in [-0.15, -0.1) is 12.4 Å². The number of hydrogen-bond donors (Lipinski definition) is 2. The Morgan fingerprint density at radius 3 is 2.43 bits per heavy atom. The van der Waals surface area contributed by atoms with Gasteiger partial charge in [0, 0.05) is 39.8 Å². The third-order valence-electron chi connectivity index (χ3n) is 4.42. The van der Waals surface area contributed by atoms with E-state index in [1.807, 2.05) is 4.90 Å². The molecule has 2 rings (SSSR count). The van der Waals surface area contributed by atoms with Gasteiger partial charge in [0.2, 0.25) is 11.8 Å². The molecule has 21 heavy (non-hydrogen) atoms. The number of piperazine rings is 1. The van der Waals surface area contributed by atoms with Crippen LogP contribution in [0, 0.1) is 5.41 Å². The highest BCUT2D eigenvalue weighted by Crippen LogP contribution is 2.28. The molecule has 0 aliphatic carbocycles. The van der Waals surface area contributed by atoms with E-state index in [0.717, 1.165) is 52.1 Å². The number of likely N-dealkylation sites (N-methyl/N-ethyl adjacent to an activating group) is 1. The molecule has 7 heteroatoms. The number of amides is 2. The van der Waals surface area contributed by atoms with E-state index in [0.29, 0.717) is 6.54 Å². The van der Waals surface area contributed by atoms with Crippen LogP contribution in [0.5, 0.6) is 0 Å². The van der Waals surface area contributed by atoms with Gasteiger partial charge in [-0.3, -0.25) is 14.5 Å². The number of nitrogens with zero attached hydrogens (tertiary/aromatic N) is 2. The van der Waals surface area contributed by atoms with E-state index in [1.165, 1.54) is 0 Å². The molecule has 0 saturated carbocycles. The summed E-state index contributed by atoms with van der Waals surface area (Å²) in [5.41, 5.74) is -0.249. The molecule has 2 amide bonds. The predicted molar refractivity (Wildman–Crippen MR) is 84.5 cm³/mol. The van der Waals surface area contributed by atoms with E-state index < -0.39 is 0 Å². The minimum atomic E-state index is -0.249. The van der Waals surface area contributed by atoms with Gasteiger partial charge in [-0.1, -0.05) is 0 Å². The molecular formula is C14H27ClN4O2. The molecule has 0 aromatic carbocycles. The number of piperidine rings is 1. The summed E-state index contributed by atoms with van der Waals surface area (Å²) in [6.07, 6.45) is 2.04. The average Bonchev–Trinajstić information content (AvgIpc) is 2.48. The van der Waals surface area contributed by atoms with Gasteiger partial charge in [-0.2, -0.15) is 0 Å². The normalized spacial score (nSPS) is 26.9. The zero-order chi connectivity index (χ0) is 14.6. The van der Waals surface area contributed by atoms with Crippen molar-refractivity contribution in [1.82, 2.24) is 20.4 Å². The third-order valence-corrected chi connectivity index (χ3v) is 4.42. The van der Waals surface area contributed by atoms with Crippen LogP contribution >= 0.6 is 12.4 Å². The van der Waals surface area contributed by atoms with Crippen molar-refractivity contribution in [2.75, 3.05) is 52.9 Å². The van der Waals surface area contributed by atoms with Crippen molar-refractivity contribution < 1.29 is 9.59 Å². The van der Waals surface area contributed by atoms with Crippen molar-refractivity contribution in [3.63, 3.8) is 0 Å². The Kier molecular flexibility index (Phi) is 6.90. The number of hydrogen-bond acceptors (Lipinski definition) is 4. The topological polar surface area (TPSA) is 64.7 Å². The lowest BCUT2D eigenvalue weighted by Crippen LogP contribution is -2.56. The first kappa shape index (κ1) is 18.2. The minimum Gasteiger partial charge on any atom is -0.358 e. The van der Waals surface area contributed by atoms with Crippen LogP contribution in [-0.4, -0.2) is 74.5 Å². The fourth-order valence-electron chi connectivity index (χ4n) is 3.01. The highest BCUT2D eigenvalue weighted by Gasteiger charge is 2.38. The van der Waals surface area contributed by atoms with Gasteiger partial charge in [-0.05, 0) is 26.3 Å². The molecule has 2 fully saturated rings. The van der Waals surface area contributed by atoms with Gasteiger partial charge in [0.15, 0.2) is 0 Å². The third kappa shape index (κ3) is 4.56. The van der Waals surface area contributed by atoms with Crippen molar-refractivity contribution >= 4 is 24.2 Å². The fraction of sp³-hybridized carbons (Fsp3) is 0.857. The molecule has 0 radical (unpaired) electrons. The van der Waals surface area contributed by atoms with Crippen LogP contribution in [0.4, 0.5) is 0 Å². The summed E-state index contributed by atoms with van der Waals surface area (Å²) in [5.74, 6) is 0.303. The van der Waals surface area contributed by atoms with E-state index >= 15 is 0 Å². The summed E-state index contributed by atoms with van der Waals surface area (Å²) in [5, 5.41) is 5.96. The van der Waals surface area contributed by atoms with Crippen LogP contribution in [0.25, 0.3) is 0 Å². The summed E-state index contributed by atoms with van der Waals surface area (Å²) < 4.78 is 0. The van der Waals surface area contributed by atoms with Gasteiger partial charge in [-0.25, -0.2) is 0 Å². The Morgan fingerprint density at radius 2 is 1.90 bits per heavy atom. The molecule has 122 valence electrons. The maximum atomic E-state index is 12.6. The standard InChI is InChI=1S/C14H26N4O2.ClH/c1-14(4-3-5-16-11-14)13(20)18-8-6-17(7-9-18)10-12(19)15-2;/h16H,3-11H2,1-2H3,(H,15,19);1H. The molecule has 2 aliphatic rings. The molecule has 2 saturated heterocycles. The van der Waals surface area contributed by atoms with Crippen molar-refractivity contribution in [2.24, 2.45) is 5.41 Å². The molecule has 0 bridgehead atoms. The molecule has 2 aliphatic heterocycles. The van der Waals surface area contributed by atoms with Gasteiger partial charge in [0.05, 0.1) is 12.0 Å². The Balaban J connectivity index is 0.00000220. The summed E-state index contributed by atoms with van der Waals surface area (Å²) in [6.45, 7) is 7.31. The zero-order valence-electron chi connectivity index (χ0n) is 13.0. The van der Waals surface area contributed by atoms with Gasteiger partial charge in [0.25, 0.3) is 0 Å². The van der Waals surface area contributed by atoms with Crippen LogP contribution in [0.15, 0.2) is 0 Å². The molecule has 6 nitrogen and oxygen atoms in total. The number of carbonyl (C=O) groups is 2. The largest absolute Gasteiger partial charge is 0.358 e. The highest BCUT2D eigenvalue weighted by atomic mass is 35.5. The van der Waals surface area contributed by atoms with Crippen molar-refractivity contribution in [3.8, 4) is 0 Å². The van der Waals surface area contributed by atoms with E-state index in [9.17, 15) is 9.59 Å². The van der Waals surface area contributed by atoms with Crippen LogP contribution in [0.3, 0.4) is 0 Å². The smallest absolute Gasteiger partial charge is 0.233 e. The van der Waals surface area contributed by atoms with Crippen LogP contribution < -0.4 is 10.6 Å². The summed E-state index contributed by atoms with van der Waals surface area (Å²) in [4.78, 5) is 28.1. The molecule has 2 N–H and O–H groups in total. The summed E-state index contributed by atoms with van der Waals surface area (Å²) in [6, 6.07) is 0. The van der Waals surface area contributed by atoms with E-state index in [1.54, 1.807) is 7.05 Å². The maximum absolute atomic E-state index is 12.6. The maximum Gasteiger partial charge on any atom is 0.233 e. The predicted octanol–water partition coefficient (Wildman–Crippen LogP) is -0.312. The molecule has 1 unspecified atom stereocenters. The molecule has 0 spiro atoms. The first-order valence-corrected chi connectivity index (χ1v) is 7.48. The number of rotatable bonds is 3. The number of halogens is 1. The first-order valence-electron chi connectivity index (χ1n) is 7.48. The Bertz CT molecular complexity index is 364. The van der Waals surface area contributed by atoms with Crippen molar-refractivity contribution in [2.45, 2.75) is 19.8 Å². The second kappa shape index (κ2) is 7.96. The second-order valence-electron chi connectivity index (χ2n) is 6.08. The number of nitrogens with one attached hydrogen (secondary N) is 2. The average molecular weight is 319 g/mol. The van der Waals surface area contributed by atoms with Gasteiger partial charge >= 0.3 is 0 Å². The molecule has 2 heterocycles. The molecular weight excluding hydrogens is 292 g/mol. The lowest BCUT2D eigenvalue weighted by molar-refractivity contribution is -0.144. The van der Waals surface area contributed by atoms with Crippen LogP contribution in [0.2, 0.25) is 0 Å². The zero-order valence-corrected chi connectivity index (χ0v) is 13.8. The van der Waals surface area contributed by atoms with Gasteiger partial charge in [0.1, 0.15) is 0 Å². The lowest BCUT2D eigenvalue weighted by atomic mass is 9.81. The van der Waals surface area contributed by atoms with Crippen molar-refractivity contribution in [3.05, 3.63) is 0 Å². The molecule has 1 atom stereocenters. The van der Waals surface area contributed by atoms with Crippen LogP contribution in [-0.2, 0) is 9.59 Å². The molecule has 0 aromatic rings. The van der Waals surface area contributed by atoms with E-state index in [2.05, 4.69) is 22.5 Å². The highest BCUT2D eigenvalue weighted by molar-refractivity contribution is 5.85. The lowest BCUT2D eigenvalue weighted by Gasteiger charge is -2.41. The minimum absolute atomic E-state index is 0. The SMILES string of the molecule is CNC(=O)CN1CCN(C(=O)C2(C)CCCNC2)CC1.Cl. The van der Waals surface area contributed by atoms with Crippen molar-refractivity contribution in [1.29, 1.82) is 0 Å². The molecule has 0 aromatic heterocycles. The Morgan fingerprint density at radius 1 is 1.24 bits per heavy atom. The Labute approximate surface area is 133 Å². The summed E-state index contributed by atoms with van der Waals surface area (Å²) in [7, 11) is 1.65. The van der Waals surface area contributed by atoms with Crippen LogP contribution in [0.1, 0.15) is 19.8 Å². The first-order chi connectivity index (χ1) is 9.55. The van der Waals surface area contributed by atoms with E-state index in [4.69, 9.17) is 0 Å². The second-order valence-corrected chi connectivity index (χ2v) is 6.08.